The Bertz CT molecular complexity index is 348. The van der Waals surface area contributed by atoms with Crippen LogP contribution in [0.2, 0.25) is 0 Å². The summed E-state index contributed by atoms with van der Waals surface area (Å²) < 4.78 is 6.64. The van der Waals surface area contributed by atoms with Crippen LogP contribution in [-0.4, -0.2) is 5.97 Å². The molecule has 0 saturated heterocycles. The molecule has 13 heavy (non-hydrogen) atoms. The molecule has 1 rings (SSSR count). The van der Waals surface area contributed by atoms with Gasteiger partial charge in [-0.1, -0.05) is 6.07 Å². The maximum atomic E-state index is 10.7. The van der Waals surface area contributed by atoms with E-state index in [0.717, 1.165) is 14.5 Å². The van der Waals surface area contributed by atoms with Crippen molar-refractivity contribution in [2.24, 2.45) is 0 Å². The lowest BCUT2D eigenvalue weighted by Crippen LogP contribution is -2.02. The van der Waals surface area contributed by atoms with Crippen molar-refractivity contribution >= 4 is 37.8 Å². The topological polar surface area (TPSA) is 26.3 Å². The molecule has 70 valence electrons. The maximum absolute atomic E-state index is 10.7. The Morgan fingerprint density at radius 3 is 2.46 bits per heavy atom. The van der Waals surface area contributed by atoms with Gasteiger partial charge in [-0.15, -0.1) is 0 Å². The molecule has 0 bridgehead atoms. The quantitative estimate of drug-likeness (QED) is 0.587. The lowest BCUT2D eigenvalue weighted by atomic mass is 10.2. The smallest absolute Gasteiger partial charge is 0.308 e. The number of carbonyl (C=O) groups is 1. The van der Waals surface area contributed by atoms with Gasteiger partial charge in [-0.05, 0) is 50.4 Å². The van der Waals surface area contributed by atoms with Crippen molar-refractivity contribution in [3.05, 3.63) is 26.6 Å². The van der Waals surface area contributed by atoms with Crippen molar-refractivity contribution in [1.82, 2.24) is 0 Å². The SMILES string of the molecule is CC(=O)Oc1ccc(C)c(Br)c1Br. The van der Waals surface area contributed by atoms with Crippen LogP contribution in [0.3, 0.4) is 0 Å². The van der Waals surface area contributed by atoms with Gasteiger partial charge in [-0.3, -0.25) is 4.79 Å². The van der Waals surface area contributed by atoms with Gasteiger partial charge in [0.1, 0.15) is 5.75 Å². The second-order valence-electron chi connectivity index (χ2n) is 2.60. The zero-order chi connectivity index (χ0) is 10.0. The Balaban J connectivity index is 3.10. The second kappa shape index (κ2) is 4.24. The zero-order valence-corrected chi connectivity index (χ0v) is 10.4. The van der Waals surface area contributed by atoms with Gasteiger partial charge in [0, 0.05) is 11.4 Å². The summed E-state index contributed by atoms with van der Waals surface area (Å²) >= 11 is 6.72. The van der Waals surface area contributed by atoms with Crippen LogP contribution in [0.1, 0.15) is 12.5 Å². The Morgan fingerprint density at radius 2 is 1.92 bits per heavy atom. The van der Waals surface area contributed by atoms with Gasteiger partial charge in [-0.2, -0.15) is 0 Å². The number of ether oxygens (including phenoxy) is 1. The molecule has 1 aromatic rings. The minimum atomic E-state index is -0.323. The fourth-order valence-electron chi connectivity index (χ4n) is 0.862. The lowest BCUT2D eigenvalue weighted by molar-refractivity contribution is -0.131. The molecule has 0 aliphatic heterocycles. The van der Waals surface area contributed by atoms with Crippen LogP contribution in [0.15, 0.2) is 21.1 Å². The summed E-state index contributed by atoms with van der Waals surface area (Å²) in [6.45, 7) is 3.34. The van der Waals surface area contributed by atoms with Gasteiger partial charge in [0.05, 0.1) is 4.47 Å². The minimum Gasteiger partial charge on any atom is -0.425 e. The summed E-state index contributed by atoms with van der Waals surface area (Å²) in [7, 11) is 0. The standard InChI is InChI=1S/C9H8Br2O2/c1-5-3-4-7(13-6(2)12)9(11)8(5)10/h3-4H,1-2H3. The molecule has 1 aromatic carbocycles. The first-order valence-corrected chi connectivity index (χ1v) is 5.24. The van der Waals surface area contributed by atoms with E-state index in [9.17, 15) is 4.79 Å². The normalized spacial score (nSPS) is 9.85. The van der Waals surface area contributed by atoms with Crippen molar-refractivity contribution < 1.29 is 9.53 Å². The average molecular weight is 308 g/mol. The third kappa shape index (κ3) is 2.54. The van der Waals surface area contributed by atoms with Crippen molar-refractivity contribution in [1.29, 1.82) is 0 Å². The molecule has 0 aromatic heterocycles. The number of halogens is 2. The van der Waals surface area contributed by atoms with Crippen LogP contribution in [0.5, 0.6) is 5.75 Å². The van der Waals surface area contributed by atoms with E-state index in [4.69, 9.17) is 4.74 Å². The summed E-state index contributed by atoms with van der Waals surface area (Å²) in [4.78, 5) is 10.7. The Hall–Kier alpha value is -0.350. The van der Waals surface area contributed by atoms with Gasteiger partial charge >= 0.3 is 5.97 Å². The number of aryl methyl sites for hydroxylation is 1. The lowest BCUT2D eigenvalue weighted by Gasteiger charge is -2.07. The highest BCUT2D eigenvalue weighted by Gasteiger charge is 2.08. The summed E-state index contributed by atoms with van der Waals surface area (Å²) in [6.07, 6.45) is 0. The highest BCUT2D eigenvalue weighted by molar-refractivity contribution is 9.13. The van der Waals surface area contributed by atoms with Crippen molar-refractivity contribution in [2.45, 2.75) is 13.8 Å². The average Bonchev–Trinajstić information content (AvgIpc) is 2.06. The molecule has 0 spiro atoms. The maximum Gasteiger partial charge on any atom is 0.308 e. The molecular weight excluding hydrogens is 300 g/mol. The van der Waals surface area contributed by atoms with E-state index in [1.54, 1.807) is 6.07 Å². The first kappa shape index (κ1) is 10.7. The third-order valence-corrected chi connectivity index (χ3v) is 3.83. The van der Waals surface area contributed by atoms with Gasteiger partial charge in [0.15, 0.2) is 0 Å². The van der Waals surface area contributed by atoms with Crippen LogP contribution in [-0.2, 0) is 4.79 Å². The van der Waals surface area contributed by atoms with Crippen LogP contribution in [0.4, 0.5) is 0 Å². The second-order valence-corrected chi connectivity index (χ2v) is 4.19. The summed E-state index contributed by atoms with van der Waals surface area (Å²) in [5, 5.41) is 0. The molecule has 4 heteroatoms. The number of carbonyl (C=O) groups excluding carboxylic acids is 1. The number of hydrogen-bond acceptors (Lipinski definition) is 2. The van der Waals surface area contributed by atoms with E-state index in [1.807, 2.05) is 13.0 Å². The first-order valence-electron chi connectivity index (χ1n) is 3.65. The molecule has 0 aliphatic rings. The summed E-state index contributed by atoms with van der Waals surface area (Å²) in [6, 6.07) is 3.64. The summed E-state index contributed by atoms with van der Waals surface area (Å²) in [5.41, 5.74) is 1.09. The molecule has 0 atom stereocenters. The molecule has 0 fully saturated rings. The highest BCUT2D eigenvalue weighted by atomic mass is 79.9. The Labute approximate surface area is 93.5 Å². The number of hydrogen-bond donors (Lipinski definition) is 0. The van der Waals surface area contributed by atoms with Gasteiger partial charge in [0.2, 0.25) is 0 Å². The van der Waals surface area contributed by atoms with E-state index in [2.05, 4.69) is 31.9 Å². The van der Waals surface area contributed by atoms with E-state index in [-0.39, 0.29) is 5.97 Å². The van der Waals surface area contributed by atoms with Crippen LogP contribution in [0.25, 0.3) is 0 Å². The van der Waals surface area contributed by atoms with Crippen LogP contribution < -0.4 is 4.74 Å². The van der Waals surface area contributed by atoms with Crippen molar-refractivity contribution in [2.75, 3.05) is 0 Å². The number of benzene rings is 1. The number of rotatable bonds is 1. The van der Waals surface area contributed by atoms with Crippen LogP contribution in [0, 0.1) is 6.92 Å². The van der Waals surface area contributed by atoms with Gasteiger partial charge in [-0.25, -0.2) is 0 Å². The van der Waals surface area contributed by atoms with E-state index >= 15 is 0 Å². The zero-order valence-electron chi connectivity index (χ0n) is 7.23. The molecule has 0 saturated carbocycles. The monoisotopic (exact) mass is 306 g/mol. The largest absolute Gasteiger partial charge is 0.425 e. The molecule has 0 heterocycles. The molecule has 2 nitrogen and oxygen atoms in total. The molecule has 0 aliphatic carbocycles. The first-order chi connectivity index (χ1) is 6.02. The fourth-order valence-corrected chi connectivity index (χ4v) is 1.72. The van der Waals surface area contributed by atoms with Gasteiger partial charge in [0.25, 0.3) is 0 Å². The Kier molecular flexibility index (Phi) is 3.50. The predicted molar refractivity (Wildman–Crippen MR) is 57.9 cm³/mol. The fraction of sp³-hybridized carbons (Fsp3) is 0.222. The molecule has 0 unspecified atom stereocenters. The minimum absolute atomic E-state index is 0.323. The Morgan fingerprint density at radius 1 is 1.31 bits per heavy atom. The molecule has 0 radical (unpaired) electrons. The highest BCUT2D eigenvalue weighted by Crippen LogP contribution is 2.34. The van der Waals surface area contributed by atoms with Crippen molar-refractivity contribution in [3.63, 3.8) is 0 Å². The van der Waals surface area contributed by atoms with E-state index in [1.165, 1.54) is 6.92 Å². The van der Waals surface area contributed by atoms with Crippen molar-refractivity contribution in [3.8, 4) is 5.75 Å². The van der Waals surface area contributed by atoms with Crippen LogP contribution >= 0.6 is 31.9 Å². The third-order valence-electron chi connectivity index (χ3n) is 1.49. The van der Waals surface area contributed by atoms with E-state index in [0.29, 0.717) is 5.75 Å². The summed E-state index contributed by atoms with van der Waals surface area (Å²) in [5.74, 6) is 0.210. The predicted octanol–water partition coefficient (Wildman–Crippen LogP) is 3.45. The number of esters is 1. The molecular formula is C9H8Br2O2. The van der Waals surface area contributed by atoms with Gasteiger partial charge < -0.3 is 4.74 Å². The van der Waals surface area contributed by atoms with E-state index < -0.39 is 0 Å². The molecule has 0 amide bonds. The molecule has 0 N–H and O–H groups in total.